The summed E-state index contributed by atoms with van der Waals surface area (Å²) in [5.41, 5.74) is 2.01. The molecule has 2 aromatic carbocycles. The number of benzene rings is 2. The minimum Gasteiger partial charge on any atom is -0.481 e. The van der Waals surface area contributed by atoms with E-state index in [1.165, 1.54) is 4.90 Å². The van der Waals surface area contributed by atoms with Crippen LogP contribution in [-0.4, -0.2) is 34.1 Å². The van der Waals surface area contributed by atoms with Crippen molar-refractivity contribution in [2.45, 2.75) is 72.1 Å². The average Bonchev–Trinajstić information content (AvgIpc) is 2.81. The monoisotopic (exact) mass is 466 g/mol. The van der Waals surface area contributed by atoms with Gasteiger partial charge in [-0.25, -0.2) is 9.69 Å². The highest BCUT2D eigenvalue weighted by Gasteiger charge is 2.63. The molecule has 7 nitrogen and oxygen atoms in total. The Bertz CT molecular complexity index is 1010. The number of nitrogens with zero attached hydrogens (tertiary/aromatic N) is 1. The molecule has 182 valence electrons. The first kappa shape index (κ1) is 25.3. The number of aryl methyl sites for hydroxylation is 1. The molecule has 1 saturated heterocycles. The zero-order valence-corrected chi connectivity index (χ0v) is 20.3. The number of nitrogens with one attached hydrogen (secondary N) is 1. The first-order valence-electron chi connectivity index (χ1n) is 11.9. The van der Waals surface area contributed by atoms with Crippen LogP contribution in [0.5, 0.6) is 5.75 Å². The van der Waals surface area contributed by atoms with Crippen molar-refractivity contribution in [3.63, 3.8) is 0 Å². The smallest absolute Gasteiger partial charge is 0.327 e. The molecule has 0 aromatic heterocycles. The van der Waals surface area contributed by atoms with Gasteiger partial charge in [0.25, 0.3) is 0 Å². The van der Waals surface area contributed by atoms with Crippen molar-refractivity contribution >= 4 is 17.9 Å². The van der Waals surface area contributed by atoms with E-state index in [4.69, 9.17) is 9.84 Å². The average molecular weight is 467 g/mol. The van der Waals surface area contributed by atoms with Crippen molar-refractivity contribution in [2.75, 3.05) is 0 Å². The van der Waals surface area contributed by atoms with E-state index in [0.29, 0.717) is 24.2 Å². The molecule has 0 spiro atoms. The molecule has 0 radical (unpaired) electrons. The van der Waals surface area contributed by atoms with Crippen molar-refractivity contribution in [1.29, 1.82) is 0 Å². The lowest BCUT2D eigenvalue weighted by Gasteiger charge is -2.53. The van der Waals surface area contributed by atoms with Crippen LogP contribution in [0.15, 0.2) is 48.5 Å². The number of ether oxygens (including phenoxy) is 1. The third kappa shape index (κ3) is 5.08. The van der Waals surface area contributed by atoms with Crippen molar-refractivity contribution in [3.8, 4) is 5.75 Å². The summed E-state index contributed by atoms with van der Waals surface area (Å²) in [6.45, 7) is 7.92. The van der Waals surface area contributed by atoms with E-state index in [2.05, 4.69) is 12.2 Å². The lowest BCUT2D eigenvalue weighted by Crippen LogP contribution is -2.73. The molecular formula is C27H34N2O5. The Morgan fingerprint density at radius 1 is 1.06 bits per heavy atom. The van der Waals surface area contributed by atoms with E-state index < -0.39 is 23.6 Å². The second-order valence-corrected chi connectivity index (χ2v) is 8.92. The van der Waals surface area contributed by atoms with E-state index in [1.54, 1.807) is 24.3 Å². The van der Waals surface area contributed by atoms with Crippen molar-refractivity contribution in [1.82, 2.24) is 10.2 Å². The van der Waals surface area contributed by atoms with Gasteiger partial charge in [0, 0.05) is 0 Å². The van der Waals surface area contributed by atoms with E-state index in [-0.39, 0.29) is 18.4 Å². The van der Waals surface area contributed by atoms with Gasteiger partial charge in [-0.05, 0) is 49.4 Å². The Labute approximate surface area is 201 Å². The Morgan fingerprint density at radius 3 is 2.21 bits per heavy atom. The summed E-state index contributed by atoms with van der Waals surface area (Å²) < 4.78 is 6.17. The van der Waals surface area contributed by atoms with Gasteiger partial charge in [0.05, 0.1) is 12.5 Å². The summed E-state index contributed by atoms with van der Waals surface area (Å²) in [4.78, 5) is 38.6. The number of imide groups is 1. The van der Waals surface area contributed by atoms with Crippen molar-refractivity contribution in [3.05, 3.63) is 65.2 Å². The van der Waals surface area contributed by atoms with Gasteiger partial charge in [-0.1, -0.05) is 69.2 Å². The van der Waals surface area contributed by atoms with Crippen LogP contribution < -0.4 is 10.1 Å². The number of hydrogen-bond donors (Lipinski definition) is 2. The minimum absolute atomic E-state index is 0.0809. The summed E-state index contributed by atoms with van der Waals surface area (Å²) in [6, 6.07) is 14.1. The number of carbonyl (C=O) groups is 3. The number of aliphatic carboxylic acids is 1. The predicted molar refractivity (Wildman–Crippen MR) is 129 cm³/mol. The first-order chi connectivity index (χ1) is 16.2. The van der Waals surface area contributed by atoms with Crippen LogP contribution >= 0.6 is 0 Å². The summed E-state index contributed by atoms with van der Waals surface area (Å²) in [5.74, 6) is -0.659. The van der Waals surface area contributed by atoms with E-state index in [1.807, 2.05) is 45.0 Å². The Balaban J connectivity index is 1.81. The third-order valence-corrected chi connectivity index (χ3v) is 6.71. The molecular weight excluding hydrogens is 432 g/mol. The first-order valence-corrected chi connectivity index (χ1v) is 11.9. The van der Waals surface area contributed by atoms with E-state index in [9.17, 15) is 14.4 Å². The highest BCUT2D eigenvalue weighted by atomic mass is 16.5. The topological polar surface area (TPSA) is 95.9 Å². The number of hydrogen-bond acceptors (Lipinski definition) is 4. The van der Waals surface area contributed by atoms with E-state index in [0.717, 1.165) is 24.0 Å². The summed E-state index contributed by atoms with van der Waals surface area (Å²) in [6.07, 6.45) is 1.90. The molecule has 1 heterocycles. The zero-order chi connectivity index (χ0) is 24.9. The van der Waals surface area contributed by atoms with Gasteiger partial charge in [0.2, 0.25) is 5.91 Å². The molecule has 3 rings (SSSR count). The van der Waals surface area contributed by atoms with Crippen LogP contribution in [0.3, 0.4) is 0 Å². The third-order valence-electron chi connectivity index (χ3n) is 6.71. The standard InChI is InChI=1S/C27H34N2O5/c1-5-8-22(20-13-9-18(4)10-14-20)28-26(33)29-24(32)27(6-2,7-3)25(29)34-21-15-11-19(12-16-21)17-23(30)31/h9-16,22,25H,5-8,17H2,1-4H3,(H,28,33)(H,30,31)/t22-,25?/m1/s1. The zero-order valence-electron chi connectivity index (χ0n) is 20.3. The molecule has 2 atom stereocenters. The van der Waals surface area contributed by atoms with Gasteiger partial charge in [-0.3, -0.25) is 9.59 Å². The number of carboxylic acids is 1. The van der Waals surface area contributed by atoms with Crippen LogP contribution in [0, 0.1) is 12.3 Å². The number of carbonyl (C=O) groups excluding carboxylic acids is 2. The highest BCUT2D eigenvalue weighted by Crippen LogP contribution is 2.46. The predicted octanol–water partition coefficient (Wildman–Crippen LogP) is 5.23. The normalized spacial score (nSPS) is 17.6. The quantitative estimate of drug-likeness (QED) is 0.468. The molecule has 1 fully saturated rings. The number of β-lactam (4-membered cyclic amide) rings is 1. The molecule has 0 saturated carbocycles. The van der Waals surface area contributed by atoms with Gasteiger partial charge in [0.15, 0.2) is 6.23 Å². The lowest BCUT2D eigenvalue weighted by atomic mass is 9.72. The minimum atomic E-state index is -0.910. The van der Waals surface area contributed by atoms with Crippen LogP contribution in [0.25, 0.3) is 0 Å². The summed E-state index contributed by atoms with van der Waals surface area (Å²) in [7, 11) is 0. The lowest BCUT2D eigenvalue weighted by molar-refractivity contribution is -0.191. The molecule has 34 heavy (non-hydrogen) atoms. The Kier molecular flexibility index (Phi) is 7.97. The van der Waals surface area contributed by atoms with Crippen LogP contribution in [0.2, 0.25) is 0 Å². The maximum atomic E-state index is 13.3. The highest BCUT2D eigenvalue weighted by molar-refractivity contribution is 6.03. The number of carboxylic acid groups (broad SMARTS) is 1. The molecule has 3 amide bonds. The second kappa shape index (κ2) is 10.7. The van der Waals surface area contributed by atoms with Crippen LogP contribution in [0.4, 0.5) is 4.79 Å². The fourth-order valence-corrected chi connectivity index (χ4v) is 4.52. The number of amides is 3. The molecule has 7 heteroatoms. The SMILES string of the molecule is CCC[C@@H](NC(=O)N1C(=O)C(CC)(CC)C1Oc1ccc(CC(=O)O)cc1)c1ccc(C)cc1. The maximum Gasteiger partial charge on any atom is 0.327 e. The summed E-state index contributed by atoms with van der Waals surface area (Å²) >= 11 is 0. The molecule has 0 bridgehead atoms. The van der Waals surface area contributed by atoms with Gasteiger partial charge in [0.1, 0.15) is 11.2 Å². The molecule has 2 N–H and O–H groups in total. The fourth-order valence-electron chi connectivity index (χ4n) is 4.52. The van der Waals surface area contributed by atoms with Gasteiger partial charge < -0.3 is 15.2 Å². The largest absolute Gasteiger partial charge is 0.481 e. The molecule has 1 unspecified atom stereocenters. The number of rotatable bonds is 10. The van der Waals surface area contributed by atoms with Crippen LogP contribution in [-0.2, 0) is 16.0 Å². The fraction of sp³-hybridized carbons (Fsp3) is 0.444. The Morgan fingerprint density at radius 2 is 1.68 bits per heavy atom. The molecule has 1 aliphatic heterocycles. The van der Waals surface area contributed by atoms with Crippen molar-refractivity contribution < 1.29 is 24.2 Å². The van der Waals surface area contributed by atoms with Gasteiger partial charge >= 0.3 is 12.0 Å². The second-order valence-electron chi connectivity index (χ2n) is 8.92. The summed E-state index contributed by atoms with van der Waals surface area (Å²) in [5, 5.41) is 12.0. The molecule has 0 aliphatic carbocycles. The number of likely N-dealkylation sites (tertiary alicyclic amines) is 1. The Hall–Kier alpha value is -3.35. The van der Waals surface area contributed by atoms with Gasteiger partial charge in [-0.2, -0.15) is 0 Å². The number of urea groups is 1. The van der Waals surface area contributed by atoms with E-state index >= 15 is 0 Å². The van der Waals surface area contributed by atoms with Crippen LogP contribution in [0.1, 0.15) is 69.2 Å². The maximum absolute atomic E-state index is 13.3. The van der Waals surface area contributed by atoms with Gasteiger partial charge in [-0.15, -0.1) is 0 Å². The molecule has 1 aliphatic rings. The van der Waals surface area contributed by atoms with Crippen molar-refractivity contribution in [2.24, 2.45) is 5.41 Å². The molecule has 2 aromatic rings.